The van der Waals surface area contributed by atoms with Crippen molar-refractivity contribution in [1.82, 2.24) is 16.0 Å². The van der Waals surface area contributed by atoms with Gasteiger partial charge in [-0.15, -0.1) is 0 Å². The summed E-state index contributed by atoms with van der Waals surface area (Å²) in [7, 11) is 1.83. The lowest BCUT2D eigenvalue weighted by Gasteiger charge is -2.18. The van der Waals surface area contributed by atoms with E-state index in [9.17, 15) is 4.79 Å². The lowest BCUT2D eigenvalue weighted by atomic mass is 10.1. The molecule has 136 valence electrons. The molecule has 0 aliphatic carbocycles. The monoisotopic (exact) mass is 343 g/mol. The molecule has 0 radical (unpaired) electrons. The molecular weight excluding hydrogens is 314 g/mol. The lowest BCUT2D eigenvalue weighted by Crippen LogP contribution is -2.45. The fraction of sp³-hybridized carbons (Fsp3) is 0.450. The van der Waals surface area contributed by atoms with Crippen molar-refractivity contribution in [3.63, 3.8) is 0 Å². The maximum atomic E-state index is 12.4. The summed E-state index contributed by atoms with van der Waals surface area (Å²) in [5.74, 6) is 0.852. The Morgan fingerprint density at radius 2 is 2.32 bits per heavy atom. The summed E-state index contributed by atoms with van der Waals surface area (Å²) in [5.41, 5.74) is 3.09. The Labute approximate surface area is 150 Å². The first-order valence-corrected chi connectivity index (χ1v) is 8.84. The van der Waals surface area contributed by atoms with Crippen LogP contribution in [0.1, 0.15) is 32.3 Å². The van der Waals surface area contributed by atoms with Gasteiger partial charge in [0.25, 0.3) is 0 Å². The number of likely N-dealkylation sites (N-methyl/N-ethyl adjacent to an activating group) is 1. The topological polar surface area (TPSA) is 62.4 Å². The van der Waals surface area contributed by atoms with Crippen molar-refractivity contribution in [1.29, 1.82) is 0 Å². The number of rotatable bonds is 8. The van der Waals surface area contributed by atoms with Crippen LogP contribution < -0.4 is 20.7 Å². The summed E-state index contributed by atoms with van der Waals surface area (Å²) >= 11 is 0. The number of nitrogens with one attached hydrogen (secondary N) is 3. The number of allylic oxidation sites excluding steroid dienone is 2. The minimum Gasteiger partial charge on any atom is -0.494 e. The van der Waals surface area contributed by atoms with Crippen LogP contribution in [0.15, 0.2) is 42.6 Å². The third-order valence-corrected chi connectivity index (χ3v) is 4.25. The van der Waals surface area contributed by atoms with E-state index in [2.05, 4.69) is 29.5 Å². The van der Waals surface area contributed by atoms with Crippen LogP contribution in [0.25, 0.3) is 5.57 Å². The van der Waals surface area contributed by atoms with E-state index >= 15 is 0 Å². The highest BCUT2D eigenvalue weighted by molar-refractivity contribution is 5.80. The van der Waals surface area contributed by atoms with Gasteiger partial charge in [-0.1, -0.05) is 25.6 Å². The molecule has 1 aliphatic heterocycles. The zero-order chi connectivity index (χ0) is 18.2. The first kappa shape index (κ1) is 19.1. The van der Waals surface area contributed by atoms with E-state index in [0.717, 1.165) is 29.0 Å². The van der Waals surface area contributed by atoms with Crippen LogP contribution in [-0.2, 0) is 4.79 Å². The zero-order valence-corrected chi connectivity index (χ0v) is 15.4. The molecule has 2 atom stereocenters. The minimum absolute atomic E-state index is 0.0366. The maximum absolute atomic E-state index is 12.4. The first-order valence-electron chi connectivity index (χ1n) is 8.84. The van der Waals surface area contributed by atoms with E-state index in [0.29, 0.717) is 19.6 Å². The van der Waals surface area contributed by atoms with Crippen LogP contribution in [-0.4, -0.2) is 32.3 Å². The zero-order valence-electron chi connectivity index (χ0n) is 15.4. The van der Waals surface area contributed by atoms with E-state index in [1.807, 2.05) is 44.3 Å². The summed E-state index contributed by atoms with van der Waals surface area (Å²) in [4.78, 5) is 12.4. The molecule has 0 aromatic heterocycles. The minimum atomic E-state index is -0.221. The third-order valence-electron chi connectivity index (χ3n) is 4.25. The number of carbonyl (C=O) groups is 1. The van der Waals surface area contributed by atoms with Crippen molar-refractivity contribution in [2.45, 2.75) is 32.9 Å². The van der Waals surface area contributed by atoms with Crippen molar-refractivity contribution < 1.29 is 9.53 Å². The molecule has 0 spiro atoms. The second kappa shape index (κ2) is 9.28. The molecule has 1 aromatic carbocycles. The molecule has 1 fully saturated rings. The van der Waals surface area contributed by atoms with E-state index in [-0.39, 0.29) is 18.0 Å². The normalized spacial score (nSPS) is 18.6. The molecule has 1 saturated heterocycles. The summed E-state index contributed by atoms with van der Waals surface area (Å²) in [6.07, 6.45) is 3.48. The molecule has 1 amide bonds. The van der Waals surface area contributed by atoms with Crippen molar-refractivity contribution in [2.24, 2.45) is 5.92 Å². The Morgan fingerprint density at radius 3 is 2.96 bits per heavy atom. The Balaban J connectivity index is 2.02. The van der Waals surface area contributed by atoms with Gasteiger partial charge < -0.3 is 15.4 Å². The Hall–Kier alpha value is -2.27. The van der Waals surface area contributed by atoms with E-state index in [4.69, 9.17) is 4.74 Å². The highest BCUT2D eigenvalue weighted by Crippen LogP contribution is 2.21. The molecular formula is C20H29N3O2. The van der Waals surface area contributed by atoms with Crippen molar-refractivity contribution in [3.8, 4) is 5.75 Å². The van der Waals surface area contributed by atoms with Crippen LogP contribution in [0.2, 0.25) is 0 Å². The fourth-order valence-corrected chi connectivity index (χ4v) is 2.76. The highest BCUT2D eigenvalue weighted by Gasteiger charge is 2.25. The SMILES string of the molecule is C=C1CC(C(=O)NC(/C=C(\C)c2cccc(OCCC)c2)NC)CN1. The van der Waals surface area contributed by atoms with Gasteiger partial charge in [0.1, 0.15) is 5.75 Å². The molecule has 5 heteroatoms. The maximum Gasteiger partial charge on any atom is 0.226 e. The molecule has 1 aromatic rings. The fourth-order valence-electron chi connectivity index (χ4n) is 2.76. The van der Waals surface area contributed by atoms with Gasteiger partial charge in [0, 0.05) is 12.2 Å². The molecule has 0 saturated carbocycles. The summed E-state index contributed by atoms with van der Waals surface area (Å²) in [6.45, 7) is 9.36. The number of hydrogen-bond donors (Lipinski definition) is 3. The predicted octanol–water partition coefficient (Wildman–Crippen LogP) is 2.66. The van der Waals surface area contributed by atoms with Gasteiger partial charge >= 0.3 is 0 Å². The van der Waals surface area contributed by atoms with Crippen LogP contribution >= 0.6 is 0 Å². The Bertz CT molecular complexity index is 640. The number of amides is 1. The highest BCUT2D eigenvalue weighted by atomic mass is 16.5. The molecule has 5 nitrogen and oxygen atoms in total. The number of hydrogen-bond acceptors (Lipinski definition) is 4. The predicted molar refractivity (Wildman–Crippen MR) is 102 cm³/mol. The van der Waals surface area contributed by atoms with Crippen molar-refractivity contribution >= 4 is 11.5 Å². The van der Waals surface area contributed by atoms with Gasteiger partial charge in [-0.3, -0.25) is 10.1 Å². The average Bonchev–Trinajstić information content (AvgIpc) is 3.06. The largest absolute Gasteiger partial charge is 0.494 e. The van der Waals surface area contributed by atoms with Gasteiger partial charge in [0.05, 0.1) is 18.7 Å². The second-order valence-corrected chi connectivity index (χ2v) is 6.39. The molecule has 0 bridgehead atoms. The third kappa shape index (κ3) is 5.64. The van der Waals surface area contributed by atoms with Gasteiger partial charge in [-0.25, -0.2) is 0 Å². The number of carbonyl (C=O) groups excluding carboxylic acids is 1. The quantitative estimate of drug-likeness (QED) is 0.635. The van der Waals surface area contributed by atoms with Gasteiger partial charge in [0.15, 0.2) is 0 Å². The van der Waals surface area contributed by atoms with Crippen molar-refractivity contribution in [3.05, 3.63) is 48.2 Å². The molecule has 2 unspecified atom stereocenters. The molecule has 1 aliphatic rings. The van der Waals surface area contributed by atoms with Crippen molar-refractivity contribution in [2.75, 3.05) is 20.2 Å². The Kier molecular flexibility index (Phi) is 7.07. The molecule has 3 N–H and O–H groups in total. The molecule has 1 heterocycles. The smallest absolute Gasteiger partial charge is 0.226 e. The van der Waals surface area contributed by atoms with Crippen LogP contribution in [0.3, 0.4) is 0 Å². The lowest BCUT2D eigenvalue weighted by molar-refractivity contribution is -0.124. The Morgan fingerprint density at radius 1 is 1.52 bits per heavy atom. The van der Waals surface area contributed by atoms with Gasteiger partial charge in [0.2, 0.25) is 5.91 Å². The van der Waals surface area contributed by atoms with Crippen LogP contribution in [0.4, 0.5) is 0 Å². The standard InChI is InChI=1S/C20H29N3O2/c1-5-9-25-18-8-6-7-16(12-18)14(2)10-19(21-4)23-20(24)17-11-15(3)22-13-17/h6-8,10,12,17,19,21-22H,3,5,9,11,13H2,1-2,4H3,(H,23,24)/b14-10+. The van der Waals surface area contributed by atoms with E-state index < -0.39 is 0 Å². The van der Waals surface area contributed by atoms with Gasteiger partial charge in [-0.05, 0) is 56.2 Å². The molecule has 2 rings (SSSR count). The second-order valence-electron chi connectivity index (χ2n) is 6.39. The van der Waals surface area contributed by atoms with Crippen LogP contribution in [0.5, 0.6) is 5.75 Å². The summed E-state index contributed by atoms with van der Waals surface area (Å²) in [5, 5.41) is 9.30. The van der Waals surface area contributed by atoms with Gasteiger partial charge in [-0.2, -0.15) is 0 Å². The number of benzene rings is 1. The van der Waals surface area contributed by atoms with Crippen LogP contribution in [0, 0.1) is 5.92 Å². The molecule has 25 heavy (non-hydrogen) atoms. The average molecular weight is 343 g/mol. The van der Waals surface area contributed by atoms with E-state index in [1.165, 1.54) is 0 Å². The summed E-state index contributed by atoms with van der Waals surface area (Å²) < 4.78 is 5.69. The number of ether oxygens (including phenoxy) is 1. The van der Waals surface area contributed by atoms with E-state index in [1.54, 1.807) is 0 Å². The first-order chi connectivity index (χ1) is 12.0. The summed E-state index contributed by atoms with van der Waals surface area (Å²) in [6, 6.07) is 8.02.